The third-order valence-corrected chi connectivity index (χ3v) is 4.61. The molecule has 8 heteroatoms. The van der Waals surface area contributed by atoms with Crippen molar-refractivity contribution in [1.82, 2.24) is 15.0 Å². The third-order valence-electron chi connectivity index (χ3n) is 3.13. The van der Waals surface area contributed by atoms with Gasteiger partial charge in [0.2, 0.25) is 15.9 Å². The van der Waals surface area contributed by atoms with Gasteiger partial charge >= 0.3 is 0 Å². The summed E-state index contributed by atoms with van der Waals surface area (Å²) in [6.07, 6.45) is 0. The first-order valence-electron chi connectivity index (χ1n) is 7.08. The molecule has 0 unspecified atom stereocenters. The first kappa shape index (κ1) is 17.2. The second kappa shape index (κ2) is 6.93. The van der Waals surface area contributed by atoms with Crippen molar-refractivity contribution < 1.29 is 17.6 Å². The van der Waals surface area contributed by atoms with E-state index in [1.54, 1.807) is 19.1 Å². The first-order valence-corrected chi connectivity index (χ1v) is 8.56. The lowest BCUT2D eigenvalue weighted by Gasteiger charge is -2.07. The monoisotopic (exact) mass is 337 g/mol. The largest absolute Gasteiger partial charge is 0.446 e. The number of nitrogens with one attached hydrogen (secondary N) is 2. The molecule has 2 aromatic rings. The van der Waals surface area contributed by atoms with Gasteiger partial charge in [-0.05, 0) is 19.1 Å². The highest BCUT2D eigenvalue weighted by Crippen LogP contribution is 2.24. The fourth-order valence-electron chi connectivity index (χ4n) is 2.10. The maximum Gasteiger partial charge on any atom is 0.240 e. The van der Waals surface area contributed by atoms with E-state index >= 15 is 0 Å². The van der Waals surface area contributed by atoms with E-state index in [0.29, 0.717) is 17.3 Å². The number of nitrogens with zero attached hydrogens (tertiary/aromatic N) is 1. The third kappa shape index (κ3) is 4.40. The standard InChI is InChI=1S/C15H19N3O4S/c1-10-15(18-12(3)22-10)13-4-6-14(7-5-13)23(20,21)17-9-8-16-11(2)19/h4-7,17H,8-9H2,1-3H3,(H,16,19). The van der Waals surface area contributed by atoms with Crippen LogP contribution in [0.5, 0.6) is 0 Å². The van der Waals surface area contributed by atoms with Crippen LogP contribution in [0.3, 0.4) is 0 Å². The maximum absolute atomic E-state index is 12.1. The van der Waals surface area contributed by atoms with Crippen LogP contribution < -0.4 is 10.0 Å². The number of aromatic nitrogens is 1. The molecule has 0 aliphatic heterocycles. The van der Waals surface area contributed by atoms with E-state index < -0.39 is 10.0 Å². The lowest BCUT2D eigenvalue weighted by atomic mass is 10.1. The number of carbonyl (C=O) groups is 1. The van der Waals surface area contributed by atoms with Crippen molar-refractivity contribution in [3.8, 4) is 11.3 Å². The number of hydrogen-bond acceptors (Lipinski definition) is 5. The number of hydrogen-bond donors (Lipinski definition) is 2. The quantitative estimate of drug-likeness (QED) is 0.775. The molecule has 124 valence electrons. The number of amides is 1. The molecular weight excluding hydrogens is 318 g/mol. The molecule has 2 N–H and O–H groups in total. The van der Waals surface area contributed by atoms with E-state index in [4.69, 9.17) is 4.42 Å². The molecule has 1 amide bonds. The molecule has 7 nitrogen and oxygen atoms in total. The Morgan fingerprint density at radius 1 is 1.17 bits per heavy atom. The molecule has 1 aromatic heterocycles. The van der Waals surface area contributed by atoms with Gasteiger partial charge in [0.1, 0.15) is 11.5 Å². The molecule has 0 atom stereocenters. The normalized spacial score (nSPS) is 11.4. The van der Waals surface area contributed by atoms with Crippen LogP contribution in [-0.4, -0.2) is 32.4 Å². The second-order valence-corrected chi connectivity index (χ2v) is 6.81. The summed E-state index contributed by atoms with van der Waals surface area (Å²) < 4.78 is 32.1. The van der Waals surface area contributed by atoms with Crippen LogP contribution >= 0.6 is 0 Å². The summed E-state index contributed by atoms with van der Waals surface area (Å²) in [5.74, 6) is 1.05. The van der Waals surface area contributed by atoms with E-state index in [9.17, 15) is 13.2 Å². The zero-order chi connectivity index (χ0) is 17.0. The Kier molecular flexibility index (Phi) is 5.17. The average molecular weight is 337 g/mol. The Morgan fingerprint density at radius 2 is 1.83 bits per heavy atom. The van der Waals surface area contributed by atoms with Crippen molar-refractivity contribution >= 4 is 15.9 Å². The second-order valence-electron chi connectivity index (χ2n) is 5.04. The molecule has 1 heterocycles. The van der Waals surface area contributed by atoms with Crippen LogP contribution in [0, 0.1) is 13.8 Å². The molecule has 0 spiro atoms. The van der Waals surface area contributed by atoms with Gasteiger partial charge in [-0.2, -0.15) is 0 Å². The Labute approximate surface area is 135 Å². The maximum atomic E-state index is 12.1. The van der Waals surface area contributed by atoms with Crippen molar-refractivity contribution in [1.29, 1.82) is 0 Å². The summed E-state index contributed by atoms with van der Waals surface area (Å²) in [5, 5.41) is 2.52. The number of rotatable bonds is 6. The van der Waals surface area contributed by atoms with Gasteiger partial charge in [-0.25, -0.2) is 18.1 Å². The van der Waals surface area contributed by atoms with Gasteiger partial charge in [0.15, 0.2) is 5.89 Å². The predicted octanol–water partition coefficient (Wildman–Crippen LogP) is 1.37. The van der Waals surface area contributed by atoms with Crippen molar-refractivity contribution in [2.24, 2.45) is 0 Å². The highest BCUT2D eigenvalue weighted by atomic mass is 32.2. The number of sulfonamides is 1. The zero-order valence-electron chi connectivity index (χ0n) is 13.2. The van der Waals surface area contributed by atoms with Crippen LogP contribution in [0.25, 0.3) is 11.3 Å². The molecule has 0 radical (unpaired) electrons. The summed E-state index contributed by atoms with van der Waals surface area (Å²) in [7, 11) is -3.61. The Balaban J connectivity index is 2.09. The van der Waals surface area contributed by atoms with Gasteiger partial charge < -0.3 is 9.73 Å². The zero-order valence-corrected chi connectivity index (χ0v) is 14.0. The molecule has 0 saturated heterocycles. The summed E-state index contributed by atoms with van der Waals surface area (Å²) >= 11 is 0. The van der Waals surface area contributed by atoms with Gasteiger partial charge in [0, 0.05) is 32.5 Å². The van der Waals surface area contributed by atoms with Crippen molar-refractivity contribution in [2.45, 2.75) is 25.7 Å². The first-order chi connectivity index (χ1) is 10.8. The highest BCUT2D eigenvalue weighted by molar-refractivity contribution is 7.89. The number of benzene rings is 1. The van der Waals surface area contributed by atoms with Crippen LogP contribution in [0.2, 0.25) is 0 Å². The molecule has 1 aromatic carbocycles. The van der Waals surface area contributed by atoms with Crippen LogP contribution in [0.1, 0.15) is 18.6 Å². The van der Waals surface area contributed by atoms with E-state index in [-0.39, 0.29) is 23.9 Å². The minimum atomic E-state index is -3.61. The molecule has 0 fully saturated rings. The highest BCUT2D eigenvalue weighted by Gasteiger charge is 2.15. The lowest BCUT2D eigenvalue weighted by molar-refractivity contribution is -0.118. The molecular formula is C15H19N3O4S. The predicted molar refractivity (Wildman–Crippen MR) is 85.3 cm³/mol. The average Bonchev–Trinajstić information content (AvgIpc) is 2.82. The van der Waals surface area contributed by atoms with Crippen LogP contribution in [0.4, 0.5) is 0 Å². The van der Waals surface area contributed by atoms with Gasteiger partial charge in [-0.1, -0.05) is 12.1 Å². The number of aryl methyl sites for hydroxylation is 2. The number of oxazole rings is 1. The minimum absolute atomic E-state index is 0.130. The van der Waals surface area contributed by atoms with Gasteiger partial charge in [-0.15, -0.1) is 0 Å². The van der Waals surface area contributed by atoms with Crippen LogP contribution in [-0.2, 0) is 14.8 Å². The number of carbonyl (C=O) groups excluding carboxylic acids is 1. The van der Waals surface area contributed by atoms with E-state index in [0.717, 1.165) is 5.56 Å². The molecule has 2 rings (SSSR count). The summed E-state index contributed by atoms with van der Waals surface area (Å²) in [4.78, 5) is 15.2. The molecule has 0 saturated carbocycles. The van der Waals surface area contributed by atoms with E-state index in [2.05, 4.69) is 15.0 Å². The Hall–Kier alpha value is -2.19. The van der Waals surface area contributed by atoms with Crippen LogP contribution in [0.15, 0.2) is 33.6 Å². The lowest BCUT2D eigenvalue weighted by Crippen LogP contribution is -2.33. The smallest absolute Gasteiger partial charge is 0.240 e. The topological polar surface area (TPSA) is 101 Å². The fourth-order valence-corrected chi connectivity index (χ4v) is 3.13. The molecule has 0 bridgehead atoms. The van der Waals surface area contributed by atoms with Gasteiger partial charge in [0.05, 0.1) is 4.90 Å². The van der Waals surface area contributed by atoms with E-state index in [1.807, 2.05) is 6.92 Å². The van der Waals surface area contributed by atoms with Crippen molar-refractivity contribution in [3.63, 3.8) is 0 Å². The van der Waals surface area contributed by atoms with Gasteiger partial charge in [-0.3, -0.25) is 4.79 Å². The van der Waals surface area contributed by atoms with Crippen molar-refractivity contribution in [3.05, 3.63) is 35.9 Å². The molecule has 0 aliphatic rings. The molecule has 0 aliphatic carbocycles. The molecule has 23 heavy (non-hydrogen) atoms. The van der Waals surface area contributed by atoms with Crippen molar-refractivity contribution in [2.75, 3.05) is 13.1 Å². The summed E-state index contributed by atoms with van der Waals surface area (Å²) in [6.45, 7) is 5.31. The van der Waals surface area contributed by atoms with E-state index in [1.165, 1.54) is 19.1 Å². The SMILES string of the molecule is CC(=O)NCCNS(=O)(=O)c1ccc(-c2nc(C)oc2C)cc1. The fraction of sp³-hybridized carbons (Fsp3) is 0.333. The summed E-state index contributed by atoms with van der Waals surface area (Å²) in [6, 6.07) is 6.40. The summed E-state index contributed by atoms with van der Waals surface area (Å²) in [5.41, 5.74) is 1.49. The minimum Gasteiger partial charge on any atom is -0.446 e. The van der Waals surface area contributed by atoms with Gasteiger partial charge in [0.25, 0.3) is 0 Å². The Morgan fingerprint density at radius 3 is 2.35 bits per heavy atom. The Bertz CT molecular complexity index is 795.